The molecular weight excluding hydrogens is 415 g/mol. The third-order valence-corrected chi connectivity index (χ3v) is 6.46. The molecule has 0 aliphatic carbocycles. The number of amides is 2. The van der Waals surface area contributed by atoms with E-state index in [1.165, 1.54) is 24.0 Å². The summed E-state index contributed by atoms with van der Waals surface area (Å²) < 4.78 is 45.7. The lowest BCUT2D eigenvalue weighted by Gasteiger charge is -2.33. The summed E-state index contributed by atoms with van der Waals surface area (Å²) in [7, 11) is -4.18. The second-order valence-corrected chi connectivity index (χ2v) is 8.87. The molecular formula is C19H23FN4O5S. The molecule has 0 radical (unpaired) electrons. The molecule has 2 heterocycles. The highest BCUT2D eigenvalue weighted by Gasteiger charge is 2.32. The van der Waals surface area contributed by atoms with Gasteiger partial charge in [0.25, 0.3) is 0 Å². The molecule has 1 saturated heterocycles. The van der Waals surface area contributed by atoms with Crippen molar-refractivity contribution in [2.75, 3.05) is 18.4 Å². The molecule has 2 amide bonds. The number of halogens is 1. The number of likely N-dealkylation sites (tertiary alicyclic amines) is 1. The molecule has 2 N–H and O–H groups in total. The molecule has 1 atom stereocenters. The van der Waals surface area contributed by atoms with Crippen molar-refractivity contribution in [1.29, 1.82) is 0 Å². The van der Waals surface area contributed by atoms with Crippen LogP contribution in [0.3, 0.4) is 0 Å². The fourth-order valence-corrected chi connectivity index (χ4v) is 4.57. The number of rotatable bonds is 6. The van der Waals surface area contributed by atoms with Crippen molar-refractivity contribution in [3.05, 3.63) is 41.9 Å². The van der Waals surface area contributed by atoms with Gasteiger partial charge in [0.2, 0.25) is 21.8 Å². The van der Waals surface area contributed by atoms with E-state index in [2.05, 4.69) is 15.2 Å². The number of aromatic nitrogens is 1. The first-order valence-corrected chi connectivity index (χ1v) is 11.0. The average molecular weight is 438 g/mol. The van der Waals surface area contributed by atoms with Gasteiger partial charge in [0.15, 0.2) is 5.82 Å². The predicted octanol–water partition coefficient (Wildman–Crippen LogP) is 1.67. The molecule has 11 heteroatoms. The molecule has 0 bridgehead atoms. The van der Waals surface area contributed by atoms with Gasteiger partial charge in [-0.25, -0.2) is 12.8 Å². The quantitative estimate of drug-likeness (QED) is 0.708. The predicted molar refractivity (Wildman–Crippen MR) is 105 cm³/mol. The van der Waals surface area contributed by atoms with E-state index in [0.717, 1.165) is 12.1 Å². The number of hydrogen-bond donors (Lipinski definition) is 2. The van der Waals surface area contributed by atoms with Crippen molar-refractivity contribution in [2.24, 2.45) is 5.92 Å². The Bertz CT molecular complexity index is 1030. The maximum absolute atomic E-state index is 13.8. The summed E-state index contributed by atoms with van der Waals surface area (Å²) in [5, 5.41) is 6.40. The zero-order valence-corrected chi connectivity index (χ0v) is 17.4. The van der Waals surface area contributed by atoms with E-state index < -0.39 is 32.7 Å². The highest BCUT2D eigenvalue weighted by molar-refractivity contribution is 7.89. The van der Waals surface area contributed by atoms with Crippen LogP contribution in [-0.4, -0.2) is 49.4 Å². The minimum atomic E-state index is -4.18. The van der Waals surface area contributed by atoms with Crippen LogP contribution in [0.2, 0.25) is 0 Å². The molecule has 1 fully saturated rings. The number of hydrogen-bond acceptors (Lipinski definition) is 6. The van der Waals surface area contributed by atoms with E-state index in [0.29, 0.717) is 37.5 Å². The number of benzene rings is 1. The topological polar surface area (TPSA) is 122 Å². The smallest absolute Gasteiger partial charge is 0.244 e. The monoisotopic (exact) mass is 438 g/mol. The number of carbonyl (C=O) groups excluding carboxylic acids is 2. The number of piperidine rings is 1. The molecule has 1 aromatic heterocycles. The van der Waals surface area contributed by atoms with Crippen LogP contribution in [0.1, 0.15) is 25.5 Å². The van der Waals surface area contributed by atoms with Gasteiger partial charge in [-0.2, -0.15) is 4.72 Å². The number of anilines is 1. The van der Waals surface area contributed by atoms with Crippen LogP contribution < -0.4 is 10.0 Å². The molecule has 162 valence electrons. The van der Waals surface area contributed by atoms with Crippen LogP contribution in [-0.2, 0) is 19.6 Å². The van der Waals surface area contributed by atoms with Gasteiger partial charge in [-0.1, -0.05) is 17.3 Å². The second-order valence-electron chi connectivity index (χ2n) is 7.19. The number of nitrogens with zero attached hydrogens (tertiary/aromatic N) is 2. The van der Waals surface area contributed by atoms with Crippen molar-refractivity contribution in [3.63, 3.8) is 0 Å². The molecule has 30 heavy (non-hydrogen) atoms. The Balaban J connectivity index is 1.54. The molecule has 2 aromatic rings. The van der Waals surface area contributed by atoms with Gasteiger partial charge in [0, 0.05) is 25.1 Å². The van der Waals surface area contributed by atoms with Gasteiger partial charge in [-0.3, -0.25) is 9.59 Å². The third kappa shape index (κ3) is 5.03. The first kappa shape index (κ1) is 21.9. The molecule has 1 aliphatic rings. The number of nitrogens with one attached hydrogen (secondary N) is 2. The third-order valence-electron chi connectivity index (χ3n) is 4.89. The normalized spacial score (nSPS) is 16.3. The summed E-state index contributed by atoms with van der Waals surface area (Å²) in [4.78, 5) is 26.0. The van der Waals surface area contributed by atoms with Crippen LogP contribution >= 0.6 is 0 Å². The second kappa shape index (κ2) is 8.92. The molecule has 0 unspecified atom stereocenters. The van der Waals surface area contributed by atoms with E-state index in [4.69, 9.17) is 4.52 Å². The fourth-order valence-electron chi connectivity index (χ4n) is 3.30. The summed E-state index contributed by atoms with van der Waals surface area (Å²) >= 11 is 0. The van der Waals surface area contributed by atoms with E-state index in [-0.39, 0.29) is 11.8 Å². The maximum Gasteiger partial charge on any atom is 0.244 e. The number of aryl methyl sites for hydroxylation is 1. The van der Waals surface area contributed by atoms with Crippen LogP contribution in [0.4, 0.5) is 10.2 Å². The molecule has 0 saturated carbocycles. The lowest BCUT2D eigenvalue weighted by Crippen LogP contribution is -2.50. The van der Waals surface area contributed by atoms with Crippen molar-refractivity contribution in [1.82, 2.24) is 14.8 Å². The molecule has 3 rings (SSSR count). The van der Waals surface area contributed by atoms with Crippen LogP contribution in [0.5, 0.6) is 0 Å². The Hall–Kier alpha value is -2.79. The summed E-state index contributed by atoms with van der Waals surface area (Å²) in [5.74, 6) is -0.899. The summed E-state index contributed by atoms with van der Waals surface area (Å²) in [6.45, 7) is 3.74. The minimum absolute atomic E-state index is 0.205. The van der Waals surface area contributed by atoms with E-state index in [9.17, 15) is 22.4 Å². The summed E-state index contributed by atoms with van der Waals surface area (Å²) in [6.07, 6.45) is 0.863. The van der Waals surface area contributed by atoms with Gasteiger partial charge in [0.05, 0.1) is 6.04 Å². The van der Waals surface area contributed by atoms with E-state index in [1.54, 1.807) is 13.0 Å². The SMILES string of the molecule is Cc1cc(NC(=O)C2CCN(C(=O)[C@H](C)NS(=O)(=O)c3ccccc3F)CC2)no1. The first-order chi connectivity index (χ1) is 14.2. The standard InChI is InChI=1S/C19H23FN4O5S/c1-12-11-17(22-29-12)21-18(25)14-7-9-24(10-8-14)19(26)13(2)23-30(27,28)16-6-4-3-5-15(16)20/h3-6,11,13-14,23H,7-10H2,1-2H3,(H,21,22,25)/t13-/m0/s1. The largest absolute Gasteiger partial charge is 0.360 e. The number of carbonyl (C=O) groups is 2. The first-order valence-electron chi connectivity index (χ1n) is 9.47. The van der Waals surface area contributed by atoms with Crippen LogP contribution in [0, 0.1) is 18.7 Å². The van der Waals surface area contributed by atoms with Crippen molar-refractivity contribution in [3.8, 4) is 0 Å². The highest BCUT2D eigenvalue weighted by Crippen LogP contribution is 2.21. The lowest BCUT2D eigenvalue weighted by atomic mass is 9.95. The van der Waals surface area contributed by atoms with Gasteiger partial charge in [-0.05, 0) is 38.8 Å². The van der Waals surface area contributed by atoms with E-state index in [1.807, 2.05) is 0 Å². The van der Waals surface area contributed by atoms with Crippen LogP contribution in [0.25, 0.3) is 0 Å². The molecule has 1 aromatic carbocycles. The van der Waals surface area contributed by atoms with Crippen molar-refractivity contribution >= 4 is 27.7 Å². The van der Waals surface area contributed by atoms with Gasteiger partial charge in [0.1, 0.15) is 16.5 Å². The Morgan fingerprint density at radius 3 is 2.53 bits per heavy atom. The van der Waals surface area contributed by atoms with Gasteiger partial charge in [-0.15, -0.1) is 0 Å². The van der Waals surface area contributed by atoms with Crippen molar-refractivity contribution < 1.29 is 26.9 Å². The van der Waals surface area contributed by atoms with Gasteiger partial charge < -0.3 is 14.7 Å². The zero-order chi connectivity index (χ0) is 21.9. The van der Waals surface area contributed by atoms with E-state index >= 15 is 0 Å². The molecule has 0 spiro atoms. The summed E-state index contributed by atoms with van der Waals surface area (Å²) in [5.41, 5.74) is 0. The average Bonchev–Trinajstić information content (AvgIpc) is 3.12. The fraction of sp³-hybridized carbons (Fsp3) is 0.421. The zero-order valence-electron chi connectivity index (χ0n) is 16.6. The Morgan fingerprint density at radius 1 is 1.27 bits per heavy atom. The summed E-state index contributed by atoms with van der Waals surface area (Å²) in [6, 6.07) is 5.50. The molecule has 1 aliphatic heterocycles. The highest BCUT2D eigenvalue weighted by atomic mass is 32.2. The molecule has 9 nitrogen and oxygen atoms in total. The Kier molecular flexibility index (Phi) is 6.52. The van der Waals surface area contributed by atoms with Gasteiger partial charge >= 0.3 is 0 Å². The maximum atomic E-state index is 13.8. The Morgan fingerprint density at radius 2 is 1.93 bits per heavy atom. The van der Waals surface area contributed by atoms with Crippen LogP contribution in [0.15, 0.2) is 39.8 Å². The number of sulfonamides is 1. The lowest BCUT2D eigenvalue weighted by molar-refractivity contribution is -0.135. The Labute approximate surface area is 173 Å². The minimum Gasteiger partial charge on any atom is -0.360 e. The van der Waals surface area contributed by atoms with Crippen molar-refractivity contribution in [2.45, 2.75) is 37.6 Å².